The number of hydrogen-bond acceptors (Lipinski definition) is 6. The molecule has 0 unspecified atom stereocenters. The molecule has 10 heteroatoms. The molecule has 0 aliphatic heterocycles. The van der Waals surface area contributed by atoms with Crippen LogP contribution in [0.1, 0.15) is 0 Å². The van der Waals surface area contributed by atoms with Crippen molar-refractivity contribution in [2.45, 2.75) is 5.22 Å². The highest BCUT2D eigenvalue weighted by atomic mass is 79.9. The van der Waals surface area contributed by atoms with Gasteiger partial charge in [-0.2, -0.15) is 0 Å². The number of benzene rings is 2. The molecular weight excluding hydrogens is 441 g/mol. The van der Waals surface area contributed by atoms with Gasteiger partial charge in [0, 0.05) is 22.2 Å². The number of carbonyl (C=O) groups is 1. The van der Waals surface area contributed by atoms with Gasteiger partial charge in [0.2, 0.25) is 5.91 Å². The molecule has 0 fully saturated rings. The van der Waals surface area contributed by atoms with Gasteiger partial charge in [-0.25, -0.2) is 9.37 Å². The molecule has 1 aromatic heterocycles. The van der Waals surface area contributed by atoms with Crippen LogP contribution in [0.2, 0.25) is 0 Å². The SMILES string of the molecule is O=C(CSc1ncc(-c2ccc(F)cc2)o1)Nc1ccc([N+](=O)[O-])cc1Br. The number of halogens is 2. The molecule has 0 bridgehead atoms. The van der Waals surface area contributed by atoms with Gasteiger partial charge < -0.3 is 9.73 Å². The highest BCUT2D eigenvalue weighted by Gasteiger charge is 2.13. The number of carbonyl (C=O) groups excluding carboxylic acids is 1. The van der Waals surface area contributed by atoms with E-state index in [1.54, 1.807) is 12.1 Å². The summed E-state index contributed by atoms with van der Waals surface area (Å²) in [6, 6.07) is 9.84. The first kappa shape index (κ1) is 19.1. The Morgan fingerprint density at radius 1 is 1.30 bits per heavy atom. The number of nitro benzene ring substituents is 1. The van der Waals surface area contributed by atoms with Crippen molar-refractivity contribution in [3.05, 3.63) is 69.1 Å². The van der Waals surface area contributed by atoms with Gasteiger partial charge in [-0.3, -0.25) is 14.9 Å². The normalized spacial score (nSPS) is 10.6. The summed E-state index contributed by atoms with van der Waals surface area (Å²) < 4.78 is 18.9. The van der Waals surface area contributed by atoms with E-state index in [1.165, 1.54) is 36.5 Å². The maximum atomic E-state index is 13.0. The lowest BCUT2D eigenvalue weighted by atomic mass is 10.2. The lowest BCUT2D eigenvalue weighted by Crippen LogP contribution is -2.14. The number of oxazole rings is 1. The summed E-state index contributed by atoms with van der Waals surface area (Å²) in [6.45, 7) is 0. The molecule has 0 aliphatic rings. The maximum Gasteiger partial charge on any atom is 0.270 e. The molecule has 3 aromatic rings. The molecule has 0 saturated heterocycles. The van der Waals surface area contributed by atoms with Gasteiger partial charge in [-0.05, 0) is 46.3 Å². The fourth-order valence-corrected chi connectivity index (χ4v) is 3.17. The standard InChI is InChI=1S/C17H11BrFN3O4S/c18-13-7-12(22(24)25)5-6-14(13)21-16(23)9-27-17-20-8-15(26-17)10-1-3-11(19)4-2-10/h1-8H,9H2,(H,21,23). The van der Waals surface area contributed by atoms with Gasteiger partial charge in [-0.1, -0.05) is 11.8 Å². The van der Waals surface area contributed by atoms with E-state index in [4.69, 9.17) is 4.42 Å². The summed E-state index contributed by atoms with van der Waals surface area (Å²) in [5, 5.41) is 13.7. The second kappa shape index (κ2) is 8.31. The third-order valence-electron chi connectivity index (χ3n) is 3.38. The summed E-state index contributed by atoms with van der Waals surface area (Å²) in [4.78, 5) is 26.4. The van der Waals surface area contributed by atoms with Crippen molar-refractivity contribution in [2.75, 3.05) is 11.1 Å². The van der Waals surface area contributed by atoms with Crippen LogP contribution in [0.5, 0.6) is 0 Å². The Bertz CT molecular complexity index is 994. The second-order valence-corrected chi connectivity index (χ2v) is 7.04. The number of thioether (sulfide) groups is 1. The van der Waals surface area contributed by atoms with Crippen molar-refractivity contribution < 1.29 is 18.5 Å². The van der Waals surface area contributed by atoms with Gasteiger partial charge in [0.25, 0.3) is 10.9 Å². The molecular formula is C17H11BrFN3O4S. The van der Waals surface area contributed by atoms with E-state index in [9.17, 15) is 19.3 Å². The van der Waals surface area contributed by atoms with Crippen molar-refractivity contribution in [3.63, 3.8) is 0 Å². The van der Waals surface area contributed by atoms with Crippen LogP contribution >= 0.6 is 27.7 Å². The second-order valence-electron chi connectivity index (χ2n) is 5.26. The third-order valence-corrected chi connectivity index (χ3v) is 4.88. The van der Waals surface area contributed by atoms with E-state index in [1.807, 2.05) is 0 Å². The Morgan fingerprint density at radius 2 is 2.04 bits per heavy atom. The number of amides is 1. The molecule has 0 spiro atoms. The van der Waals surface area contributed by atoms with Crippen molar-refractivity contribution in [3.8, 4) is 11.3 Å². The van der Waals surface area contributed by atoms with Crippen molar-refractivity contribution in [2.24, 2.45) is 0 Å². The van der Waals surface area contributed by atoms with Gasteiger partial charge in [0.1, 0.15) is 5.82 Å². The zero-order valence-electron chi connectivity index (χ0n) is 13.5. The monoisotopic (exact) mass is 451 g/mol. The van der Waals surface area contributed by atoms with E-state index in [0.717, 1.165) is 11.8 Å². The van der Waals surface area contributed by atoms with Gasteiger partial charge in [0.15, 0.2) is 5.76 Å². The zero-order chi connectivity index (χ0) is 19.4. The summed E-state index contributed by atoms with van der Waals surface area (Å²) >= 11 is 4.28. The van der Waals surface area contributed by atoms with E-state index in [-0.39, 0.29) is 23.2 Å². The fraction of sp³-hybridized carbons (Fsp3) is 0.0588. The van der Waals surface area contributed by atoms with E-state index in [0.29, 0.717) is 26.7 Å². The van der Waals surface area contributed by atoms with E-state index in [2.05, 4.69) is 26.2 Å². The van der Waals surface area contributed by atoms with Gasteiger partial charge in [-0.15, -0.1) is 0 Å². The lowest BCUT2D eigenvalue weighted by Gasteiger charge is -2.06. The molecule has 1 N–H and O–H groups in total. The Balaban J connectivity index is 1.58. The average Bonchev–Trinajstić information content (AvgIpc) is 3.11. The fourth-order valence-electron chi connectivity index (χ4n) is 2.10. The number of hydrogen-bond donors (Lipinski definition) is 1. The third kappa shape index (κ3) is 4.92. The topological polar surface area (TPSA) is 98.3 Å². The minimum absolute atomic E-state index is 0.0345. The molecule has 0 radical (unpaired) electrons. The number of nitro groups is 1. The first-order valence-electron chi connectivity index (χ1n) is 7.51. The summed E-state index contributed by atoms with van der Waals surface area (Å²) in [7, 11) is 0. The molecule has 0 aliphatic carbocycles. The number of nitrogens with zero attached hydrogens (tertiary/aromatic N) is 2. The molecule has 2 aromatic carbocycles. The number of rotatable bonds is 6. The molecule has 1 heterocycles. The largest absolute Gasteiger partial charge is 0.431 e. The molecule has 27 heavy (non-hydrogen) atoms. The van der Waals surface area contributed by atoms with Crippen molar-refractivity contribution in [1.29, 1.82) is 0 Å². The van der Waals surface area contributed by atoms with Crippen LogP contribution < -0.4 is 5.32 Å². The first-order valence-corrected chi connectivity index (χ1v) is 9.28. The van der Waals surface area contributed by atoms with Crippen LogP contribution in [0.25, 0.3) is 11.3 Å². The zero-order valence-corrected chi connectivity index (χ0v) is 15.9. The highest BCUT2D eigenvalue weighted by molar-refractivity contribution is 9.10. The smallest absolute Gasteiger partial charge is 0.270 e. The molecule has 138 valence electrons. The molecule has 0 saturated carbocycles. The first-order chi connectivity index (χ1) is 12.9. The minimum atomic E-state index is -0.520. The van der Waals surface area contributed by atoms with Crippen LogP contribution in [0.3, 0.4) is 0 Å². The maximum absolute atomic E-state index is 13.0. The van der Waals surface area contributed by atoms with Crippen LogP contribution in [-0.2, 0) is 4.79 Å². The average molecular weight is 452 g/mol. The Hall–Kier alpha value is -2.72. The summed E-state index contributed by atoms with van der Waals surface area (Å²) in [5.41, 5.74) is 1.02. The van der Waals surface area contributed by atoms with Crippen molar-refractivity contribution in [1.82, 2.24) is 4.98 Å². The Morgan fingerprint density at radius 3 is 2.70 bits per heavy atom. The van der Waals surface area contributed by atoms with E-state index < -0.39 is 4.92 Å². The van der Waals surface area contributed by atoms with Crippen molar-refractivity contribution >= 4 is 45.0 Å². The lowest BCUT2D eigenvalue weighted by molar-refractivity contribution is -0.384. The van der Waals surface area contributed by atoms with Gasteiger partial charge in [0.05, 0.1) is 22.6 Å². The minimum Gasteiger partial charge on any atom is -0.431 e. The summed E-state index contributed by atoms with van der Waals surface area (Å²) in [6.07, 6.45) is 1.50. The molecule has 0 atom stereocenters. The Kier molecular flexibility index (Phi) is 5.87. The van der Waals surface area contributed by atoms with E-state index >= 15 is 0 Å². The predicted octanol–water partition coefficient (Wildman–Crippen LogP) is 4.88. The van der Waals surface area contributed by atoms with Crippen LogP contribution in [0, 0.1) is 15.9 Å². The number of anilines is 1. The number of non-ortho nitro benzene ring substituents is 1. The molecule has 1 amide bonds. The number of nitrogens with one attached hydrogen (secondary N) is 1. The number of aromatic nitrogens is 1. The Labute approximate surface area is 165 Å². The predicted molar refractivity (Wildman–Crippen MR) is 102 cm³/mol. The van der Waals surface area contributed by atoms with Gasteiger partial charge >= 0.3 is 0 Å². The quantitative estimate of drug-likeness (QED) is 0.325. The summed E-state index contributed by atoms with van der Waals surface area (Å²) in [5.74, 6) is -0.165. The van der Waals surface area contributed by atoms with Crippen LogP contribution in [-0.4, -0.2) is 21.6 Å². The van der Waals surface area contributed by atoms with Crippen LogP contribution in [0.15, 0.2) is 62.8 Å². The molecule has 3 rings (SSSR count). The van der Waals surface area contributed by atoms with Crippen LogP contribution in [0.4, 0.5) is 15.8 Å². The molecule has 7 nitrogen and oxygen atoms in total. The highest BCUT2D eigenvalue weighted by Crippen LogP contribution is 2.28.